The van der Waals surface area contributed by atoms with Crippen LogP contribution in [-0.2, 0) is 18.4 Å². The topological polar surface area (TPSA) is 93.0 Å². The lowest BCUT2D eigenvalue weighted by Gasteiger charge is -2.15. The van der Waals surface area contributed by atoms with Crippen LogP contribution in [-0.4, -0.2) is 43.5 Å². The highest BCUT2D eigenvalue weighted by Gasteiger charge is 2.20. The van der Waals surface area contributed by atoms with Crippen molar-refractivity contribution in [2.75, 3.05) is 11.9 Å². The van der Waals surface area contributed by atoms with E-state index in [9.17, 15) is 9.59 Å². The molecule has 0 spiro atoms. The molecule has 0 radical (unpaired) electrons. The second-order valence-corrected chi connectivity index (χ2v) is 8.82. The maximum Gasteiger partial charge on any atom is 0.255 e. The van der Waals surface area contributed by atoms with Crippen LogP contribution in [0.5, 0.6) is 0 Å². The molecule has 1 aliphatic rings. The third-order valence-corrected chi connectivity index (χ3v) is 6.33. The van der Waals surface area contributed by atoms with Crippen molar-refractivity contribution in [3.8, 4) is 0 Å². The van der Waals surface area contributed by atoms with Crippen molar-refractivity contribution in [1.82, 2.24) is 25.1 Å². The first kappa shape index (κ1) is 20.5. The van der Waals surface area contributed by atoms with Crippen LogP contribution in [0.25, 0.3) is 0 Å². The minimum Gasteiger partial charge on any atom is -0.338 e. The highest BCUT2D eigenvalue weighted by molar-refractivity contribution is 9.10. The standard InChI is InChI=1S/C20H19BrN6O2S/c1-26-20(23-24-25-26)30-17-9-8-15(21)11-16(17)22-19(29)14-6-4-13(5-7-14)12-27-10-2-3-18(27)28/h4-9,11H,2-3,10,12H2,1H3,(H,22,29). The van der Waals surface area contributed by atoms with Gasteiger partial charge >= 0.3 is 0 Å². The Balaban J connectivity index is 1.47. The highest BCUT2D eigenvalue weighted by Crippen LogP contribution is 2.34. The predicted molar refractivity (Wildman–Crippen MR) is 116 cm³/mol. The number of nitrogens with zero attached hydrogens (tertiary/aromatic N) is 5. The molecule has 2 heterocycles. The van der Waals surface area contributed by atoms with E-state index in [-0.39, 0.29) is 11.8 Å². The zero-order valence-corrected chi connectivity index (χ0v) is 18.6. The molecule has 0 unspecified atom stereocenters. The zero-order valence-electron chi connectivity index (χ0n) is 16.2. The average molecular weight is 487 g/mol. The Kier molecular flexibility index (Phi) is 6.14. The molecule has 0 bridgehead atoms. The summed E-state index contributed by atoms with van der Waals surface area (Å²) in [5.41, 5.74) is 2.21. The lowest BCUT2D eigenvalue weighted by molar-refractivity contribution is -0.128. The molecule has 1 N–H and O–H groups in total. The van der Waals surface area contributed by atoms with E-state index in [1.165, 1.54) is 11.8 Å². The van der Waals surface area contributed by atoms with Gasteiger partial charge in [-0.1, -0.05) is 28.1 Å². The predicted octanol–water partition coefficient (Wildman–Crippen LogP) is 3.50. The van der Waals surface area contributed by atoms with Crippen molar-refractivity contribution in [1.29, 1.82) is 0 Å². The van der Waals surface area contributed by atoms with Gasteiger partial charge in [-0.25, -0.2) is 4.68 Å². The first-order valence-corrected chi connectivity index (χ1v) is 11.0. The van der Waals surface area contributed by atoms with E-state index in [4.69, 9.17) is 0 Å². The highest BCUT2D eigenvalue weighted by atomic mass is 79.9. The van der Waals surface area contributed by atoms with Crippen LogP contribution in [0, 0.1) is 0 Å². The van der Waals surface area contributed by atoms with Crippen LogP contribution < -0.4 is 5.32 Å². The molecular weight excluding hydrogens is 468 g/mol. The van der Waals surface area contributed by atoms with Crippen LogP contribution in [0.3, 0.4) is 0 Å². The maximum absolute atomic E-state index is 12.8. The number of likely N-dealkylation sites (tertiary alicyclic amines) is 1. The number of carbonyl (C=O) groups is 2. The fourth-order valence-corrected chi connectivity index (χ4v) is 4.30. The molecule has 3 aromatic rings. The van der Waals surface area contributed by atoms with Crippen LogP contribution >= 0.6 is 27.7 Å². The molecule has 10 heteroatoms. The Morgan fingerprint density at radius 1 is 1.23 bits per heavy atom. The Morgan fingerprint density at radius 3 is 2.70 bits per heavy atom. The number of nitrogens with one attached hydrogen (secondary N) is 1. The van der Waals surface area contributed by atoms with Crippen molar-refractivity contribution in [2.24, 2.45) is 7.05 Å². The van der Waals surface area contributed by atoms with E-state index in [0.29, 0.717) is 29.4 Å². The second-order valence-electron chi connectivity index (χ2n) is 6.90. The maximum atomic E-state index is 12.8. The minimum absolute atomic E-state index is 0.189. The van der Waals surface area contributed by atoms with E-state index in [1.54, 1.807) is 23.9 Å². The van der Waals surface area contributed by atoms with Gasteiger partial charge in [0.2, 0.25) is 11.1 Å². The van der Waals surface area contributed by atoms with Crippen molar-refractivity contribution in [3.63, 3.8) is 0 Å². The first-order valence-electron chi connectivity index (χ1n) is 9.37. The molecule has 8 nitrogen and oxygen atoms in total. The molecule has 1 fully saturated rings. The molecule has 2 aromatic carbocycles. The smallest absolute Gasteiger partial charge is 0.255 e. The minimum atomic E-state index is -0.213. The van der Waals surface area contributed by atoms with Crippen molar-refractivity contribution < 1.29 is 9.59 Å². The van der Waals surface area contributed by atoms with Gasteiger partial charge in [0.15, 0.2) is 0 Å². The summed E-state index contributed by atoms with van der Waals surface area (Å²) in [6.07, 6.45) is 1.54. The molecule has 0 aliphatic carbocycles. The molecule has 0 atom stereocenters. The number of benzene rings is 2. The van der Waals surface area contributed by atoms with Crippen molar-refractivity contribution >= 4 is 45.2 Å². The van der Waals surface area contributed by atoms with Crippen LogP contribution in [0.2, 0.25) is 0 Å². The number of aromatic nitrogens is 4. The number of carbonyl (C=O) groups excluding carboxylic acids is 2. The van der Waals surface area contributed by atoms with Gasteiger partial charge in [-0.05, 0) is 64.5 Å². The van der Waals surface area contributed by atoms with E-state index >= 15 is 0 Å². The number of rotatable bonds is 6. The van der Waals surface area contributed by atoms with Gasteiger partial charge < -0.3 is 10.2 Å². The SMILES string of the molecule is Cn1nnnc1Sc1ccc(Br)cc1NC(=O)c1ccc(CN2CCCC2=O)cc1. The van der Waals surface area contributed by atoms with Gasteiger partial charge in [0.1, 0.15) is 0 Å². The molecule has 1 aliphatic heterocycles. The summed E-state index contributed by atoms with van der Waals surface area (Å²) in [6.45, 7) is 1.38. The Hall–Kier alpha value is -2.72. The van der Waals surface area contributed by atoms with E-state index in [0.717, 1.165) is 27.9 Å². The molecule has 4 rings (SSSR count). The molecule has 2 amide bonds. The Morgan fingerprint density at radius 2 is 2.03 bits per heavy atom. The number of hydrogen-bond acceptors (Lipinski definition) is 6. The summed E-state index contributed by atoms with van der Waals surface area (Å²) in [5, 5.41) is 15.0. The zero-order chi connectivity index (χ0) is 21.1. The third kappa shape index (κ3) is 4.71. The average Bonchev–Trinajstić information content (AvgIpc) is 3.32. The van der Waals surface area contributed by atoms with Gasteiger partial charge in [0, 0.05) is 41.5 Å². The third-order valence-electron chi connectivity index (χ3n) is 4.73. The largest absolute Gasteiger partial charge is 0.338 e. The molecule has 1 aromatic heterocycles. The van der Waals surface area contributed by atoms with Gasteiger partial charge in [0.25, 0.3) is 5.91 Å². The van der Waals surface area contributed by atoms with Crippen LogP contribution in [0.4, 0.5) is 5.69 Å². The molecule has 30 heavy (non-hydrogen) atoms. The Labute approximate surface area is 186 Å². The summed E-state index contributed by atoms with van der Waals surface area (Å²) < 4.78 is 2.42. The lowest BCUT2D eigenvalue weighted by atomic mass is 10.1. The van der Waals surface area contributed by atoms with E-state index in [1.807, 2.05) is 35.2 Å². The molecule has 0 saturated carbocycles. The normalized spacial score (nSPS) is 13.7. The van der Waals surface area contributed by atoms with Crippen molar-refractivity contribution in [2.45, 2.75) is 29.4 Å². The monoisotopic (exact) mass is 486 g/mol. The van der Waals surface area contributed by atoms with Crippen molar-refractivity contribution in [3.05, 3.63) is 58.1 Å². The Bertz CT molecular complexity index is 1090. The fourth-order valence-electron chi connectivity index (χ4n) is 3.14. The summed E-state index contributed by atoms with van der Waals surface area (Å²) >= 11 is 4.82. The number of halogens is 1. The number of aryl methyl sites for hydroxylation is 1. The summed E-state index contributed by atoms with van der Waals surface area (Å²) in [5.74, 6) is -0.0237. The van der Waals surface area contributed by atoms with E-state index in [2.05, 4.69) is 36.8 Å². The summed E-state index contributed by atoms with van der Waals surface area (Å²) in [6, 6.07) is 13.0. The molecular formula is C20H19BrN6O2S. The second kappa shape index (κ2) is 8.97. The number of anilines is 1. The summed E-state index contributed by atoms with van der Waals surface area (Å²) in [7, 11) is 1.76. The van der Waals surface area contributed by atoms with Gasteiger partial charge in [-0.15, -0.1) is 5.10 Å². The first-order chi connectivity index (χ1) is 14.5. The lowest BCUT2D eigenvalue weighted by Crippen LogP contribution is -2.23. The summed E-state index contributed by atoms with van der Waals surface area (Å²) in [4.78, 5) is 27.3. The fraction of sp³-hybridized carbons (Fsp3) is 0.250. The van der Waals surface area contributed by atoms with Crippen LogP contribution in [0.15, 0.2) is 57.0 Å². The van der Waals surface area contributed by atoms with Gasteiger partial charge in [-0.2, -0.15) is 0 Å². The number of hydrogen-bond donors (Lipinski definition) is 1. The quantitative estimate of drug-likeness (QED) is 0.572. The number of amides is 2. The van der Waals surface area contributed by atoms with E-state index < -0.39 is 0 Å². The van der Waals surface area contributed by atoms with Gasteiger partial charge in [-0.3, -0.25) is 9.59 Å². The van der Waals surface area contributed by atoms with Crippen LogP contribution in [0.1, 0.15) is 28.8 Å². The number of tetrazole rings is 1. The molecule has 1 saturated heterocycles. The molecule has 154 valence electrons. The van der Waals surface area contributed by atoms with Gasteiger partial charge in [0.05, 0.1) is 5.69 Å².